The summed E-state index contributed by atoms with van der Waals surface area (Å²) in [6, 6.07) is 11.3. The molecule has 1 saturated heterocycles. The van der Waals surface area contributed by atoms with Gasteiger partial charge in [-0.3, -0.25) is 14.4 Å². The van der Waals surface area contributed by atoms with E-state index in [0.29, 0.717) is 25.2 Å². The third-order valence-electron chi connectivity index (χ3n) is 5.91. The van der Waals surface area contributed by atoms with E-state index in [-0.39, 0.29) is 36.1 Å². The van der Waals surface area contributed by atoms with Gasteiger partial charge in [0, 0.05) is 43.2 Å². The number of carbonyl (C=O) groups excluding carboxylic acids is 1. The lowest BCUT2D eigenvalue weighted by atomic mass is 9.82. The molecular formula is C22H24N2O5. The van der Waals surface area contributed by atoms with E-state index < -0.39 is 5.97 Å². The highest BCUT2D eigenvalue weighted by Gasteiger charge is 2.36. The third kappa shape index (κ3) is 3.77. The zero-order valence-electron chi connectivity index (χ0n) is 16.3. The average molecular weight is 396 g/mol. The summed E-state index contributed by atoms with van der Waals surface area (Å²) in [6.07, 6.45) is 0.827. The third-order valence-corrected chi connectivity index (χ3v) is 5.91. The molecule has 3 heterocycles. The molecular weight excluding hydrogens is 372 g/mol. The standard InChI is InChI=1S/C22H24N2O5/c1-29-17-4-2-15(3-5-17)18-6-7-19-16-10-14(12-24(19)22(18)28)11-23(13-16)20(25)8-9-21(26)27/h2-7,14,16H,8-13H2,1H3,(H,26,27)/t14-,16+/m0/s1. The lowest BCUT2D eigenvalue weighted by Crippen LogP contribution is -2.49. The monoisotopic (exact) mass is 396 g/mol. The molecule has 1 N–H and O–H groups in total. The SMILES string of the molecule is COc1ccc(-c2ccc3n(c2=O)C[C@H]2C[C@@H]3CN(C(=O)CCC(=O)O)C2)cc1. The van der Waals surface area contributed by atoms with Crippen LogP contribution in [-0.2, 0) is 16.1 Å². The molecule has 4 rings (SSSR count). The summed E-state index contributed by atoms with van der Waals surface area (Å²) in [5.74, 6) is -0.0204. The number of piperidine rings is 1. The first kappa shape index (κ1) is 19.2. The Balaban J connectivity index is 1.59. The van der Waals surface area contributed by atoms with Crippen molar-refractivity contribution in [2.75, 3.05) is 20.2 Å². The number of pyridine rings is 1. The molecule has 1 amide bonds. The van der Waals surface area contributed by atoms with Crippen LogP contribution in [0.25, 0.3) is 11.1 Å². The van der Waals surface area contributed by atoms with Gasteiger partial charge in [0.1, 0.15) is 5.75 Å². The summed E-state index contributed by atoms with van der Waals surface area (Å²) in [6.45, 7) is 1.70. The van der Waals surface area contributed by atoms with Gasteiger partial charge in [0.2, 0.25) is 5.91 Å². The maximum absolute atomic E-state index is 13.2. The zero-order chi connectivity index (χ0) is 20.5. The second-order valence-corrected chi connectivity index (χ2v) is 7.81. The number of hydrogen-bond acceptors (Lipinski definition) is 4. The molecule has 29 heavy (non-hydrogen) atoms. The second-order valence-electron chi connectivity index (χ2n) is 7.81. The topological polar surface area (TPSA) is 88.8 Å². The van der Waals surface area contributed by atoms with Gasteiger partial charge >= 0.3 is 5.97 Å². The van der Waals surface area contributed by atoms with Crippen LogP contribution in [0.3, 0.4) is 0 Å². The highest BCUT2D eigenvalue weighted by atomic mass is 16.5. The summed E-state index contributed by atoms with van der Waals surface area (Å²) in [4.78, 5) is 38.1. The number of aromatic nitrogens is 1. The minimum atomic E-state index is -0.960. The maximum atomic E-state index is 13.2. The highest BCUT2D eigenvalue weighted by molar-refractivity contribution is 5.81. The van der Waals surface area contributed by atoms with Gasteiger partial charge in [-0.15, -0.1) is 0 Å². The van der Waals surface area contributed by atoms with Crippen molar-refractivity contribution < 1.29 is 19.4 Å². The van der Waals surface area contributed by atoms with E-state index in [1.807, 2.05) is 41.0 Å². The molecule has 2 atom stereocenters. The van der Waals surface area contributed by atoms with Gasteiger partial charge in [-0.1, -0.05) is 12.1 Å². The number of amides is 1. The predicted molar refractivity (Wildman–Crippen MR) is 107 cm³/mol. The van der Waals surface area contributed by atoms with Crippen LogP contribution in [-0.4, -0.2) is 46.6 Å². The van der Waals surface area contributed by atoms with Crippen LogP contribution in [0.4, 0.5) is 0 Å². The molecule has 0 aliphatic carbocycles. The van der Waals surface area contributed by atoms with Crippen molar-refractivity contribution in [2.24, 2.45) is 5.92 Å². The van der Waals surface area contributed by atoms with Crippen LogP contribution in [0.5, 0.6) is 5.75 Å². The number of ether oxygens (including phenoxy) is 1. The Morgan fingerprint density at radius 1 is 1.07 bits per heavy atom. The van der Waals surface area contributed by atoms with E-state index in [1.165, 1.54) is 0 Å². The fourth-order valence-electron chi connectivity index (χ4n) is 4.51. The molecule has 1 aromatic heterocycles. The van der Waals surface area contributed by atoms with Crippen molar-refractivity contribution in [1.29, 1.82) is 0 Å². The van der Waals surface area contributed by atoms with Gasteiger partial charge in [0.05, 0.1) is 13.5 Å². The van der Waals surface area contributed by atoms with E-state index >= 15 is 0 Å². The molecule has 0 unspecified atom stereocenters. The molecule has 1 fully saturated rings. The minimum absolute atomic E-state index is 0.00646. The number of methoxy groups -OCH3 is 1. The van der Waals surface area contributed by atoms with Gasteiger partial charge in [-0.2, -0.15) is 0 Å². The van der Waals surface area contributed by atoms with Crippen LogP contribution >= 0.6 is 0 Å². The molecule has 0 radical (unpaired) electrons. The predicted octanol–water partition coefficient (Wildman–Crippen LogP) is 2.33. The molecule has 2 aromatic rings. The quantitative estimate of drug-likeness (QED) is 0.838. The molecule has 2 aliphatic rings. The number of aliphatic carboxylic acids is 1. The number of hydrogen-bond donors (Lipinski definition) is 1. The first-order chi connectivity index (χ1) is 14.0. The van der Waals surface area contributed by atoms with Gasteiger partial charge in [0.15, 0.2) is 0 Å². The normalized spacial score (nSPS) is 20.1. The number of likely N-dealkylation sites (tertiary alicyclic amines) is 1. The molecule has 152 valence electrons. The summed E-state index contributed by atoms with van der Waals surface area (Å²) >= 11 is 0. The fourth-order valence-corrected chi connectivity index (χ4v) is 4.51. The number of carbonyl (C=O) groups is 2. The number of fused-ring (bicyclic) bond motifs is 4. The van der Waals surface area contributed by atoms with Crippen LogP contribution in [0.2, 0.25) is 0 Å². The largest absolute Gasteiger partial charge is 0.497 e. The highest BCUT2D eigenvalue weighted by Crippen LogP contribution is 2.36. The van der Waals surface area contributed by atoms with Crippen molar-refractivity contribution in [3.8, 4) is 16.9 Å². The minimum Gasteiger partial charge on any atom is -0.497 e. The van der Waals surface area contributed by atoms with Crippen LogP contribution in [0.1, 0.15) is 30.9 Å². The maximum Gasteiger partial charge on any atom is 0.303 e. The van der Waals surface area contributed by atoms with Crippen molar-refractivity contribution in [1.82, 2.24) is 9.47 Å². The molecule has 7 nitrogen and oxygen atoms in total. The number of carboxylic acid groups (broad SMARTS) is 1. The van der Waals surface area contributed by atoms with Gasteiger partial charge in [-0.05, 0) is 42.2 Å². The number of rotatable bonds is 5. The van der Waals surface area contributed by atoms with Crippen molar-refractivity contribution in [3.05, 3.63) is 52.4 Å². The van der Waals surface area contributed by atoms with Crippen molar-refractivity contribution in [3.63, 3.8) is 0 Å². The number of carboxylic acids is 1. The van der Waals surface area contributed by atoms with Gasteiger partial charge in [-0.25, -0.2) is 0 Å². The number of nitrogens with zero attached hydrogens (tertiary/aromatic N) is 2. The lowest BCUT2D eigenvalue weighted by Gasteiger charge is -2.43. The molecule has 0 spiro atoms. The summed E-state index contributed by atoms with van der Waals surface area (Å²) in [5, 5.41) is 8.82. The van der Waals surface area contributed by atoms with E-state index in [2.05, 4.69) is 0 Å². The first-order valence-electron chi connectivity index (χ1n) is 9.84. The van der Waals surface area contributed by atoms with Crippen molar-refractivity contribution >= 4 is 11.9 Å². The molecule has 1 aromatic carbocycles. The van der Waals surface area contributed by atoms with E-state index in [9.17, 15) is 14.4 Å². The zero-order valence-corrected chi connectivity index (χ0v) is 16.3. The molecule has 0 saturated carbocycles. The van der Waals surface area contributed by atoms with E-state index in [4.69, 9.17) is 9.84 Å². The van der Waals surface area contributed by atoms with Gasteiger partial charge < -0.3 is 19.3 Å². The number of benzene rings is 1. The Morgan fingerprint density at radius 2 is 1.83 bits per heavy atom. The lowest BCUT2D eigenvalue weighted by molar-refractivity contribution is -0.141. The summed E-state index contributed by atoms with van der Waals surface area (Å²) in [7, 11) is 1.61. The smallest absolute Gasteiger partial charge is 0.303 e. The average Bonchev–Trinajstić information content (AvgIpc) is 2.72. The Morgan fingerprint density at radius 3 is 2.52 bits per heavy atom. The molecule has 2 bridgehead atoms. The van der Waals surface area contributed by atoms with Crippen LogP contribution < -0.4 is 10.3 Å². The fraction of sp³-hybridized carbons (Fsp3) is 0.409. The Labute approximate surface area is 168 Å². The Hall–Kier alpha value is -3.09. The summed E-state index contributed by atoms with van der Waals surface area (Å²) in [5.41, 5.74) is 2.46. The van der Waals surface area contributed by atoms with Gasteiger partial charge in [0.25, 0.3) is 5.56 Å². The van der Waals surface area contributed by atoms with E-state index in [1.54, 1.807) is 12.0 Å². The summed E-state index contributed by atoms with van der Waals surface area (Å²) < 4.78 is 7.05. The second kappa shape index (κ2) is 7.73. The Kier molecular flexibility index (Phi) is 5.13. The first-order valence-corrected chi connectivity index (χ1v) is 9.84. The Bertz CT molecular complexity index is 995. The van der Waals surface area contributed by atoms with Crippen molar-refractivity contribution in [2.45, 2.75) is 31.7 Å². The van der Waals surface area contributed by atoms with Crippen LogP contribution in [0, 0.1) is 5.92 Å². The van der Waals surface area contributed by atoms with Crippen LogP contribution in [0.15, 0.2) is 41.2 Å². The van der Waals surface area contributed by atoms with E-state index in [0.717, 1.165) is 23.4 Å². The molecule has 2 aliphatic heterocycles. The molecule has 7 heteroatoms.